The van der Waals surface area contributed by atoms with Crippen LogP contribution in [0.2, 0.25) is 0 Å². The van der Waals surface area contributed by atoms with Crippen molar-refractivity contribution < 1.29 is 8.95 Å². The van der Waals surface area contributed by atoms with E-state index in [1.807, 2.05) is 10.4 Å². The van der Waals surface area contributed by atoms with Gasteiger partial charge in [-0.05, 0) is 73.1 Å². The van der Waals surface area contributed by atoms with Crippen molar-refractivity contribution >= 4 is 11.0 Å². The van der Waals surface area contributed by atoms with Crippen molar-refractivity contribution in [3.05, 3.63) is 77.0 Å². The van der Waals surface area contributed by atoms with Crippen LogP contribution < -0.4 is 4.74 Å². The normalized spacial score (nSPS) is 17.0. The topological polar surface area (TPSA) is 55.3 Å². The van der Waals surface area contributed by atoms with Crippen LogP contribution in [0.4, 0.5) is 0 Å². The van der Waals surface area contributed by atoms with Gasteiger partial charge < -0.3 is 4.74 Å². The molecule has 6 heteroatoms. The molecule has 5 nitrogen and oxygen atoms in total. The molecule has 2 heterocycles. The van der Waals surface area contributed by atoms with Crippen LogP contribution in [0.3, 0.4) is 0 Å². The molecular formula is C26H29N3O2S. The van der Waals surface area contributed by atoms with Gasteiger partial charge in [0.05, 0.1) is 29.0 Å². The molecule has 1 aromatic heterocycles. The molecule has 3 aromatic rings. The van der Waals surface area contributed by atoms with Crippen LogP contribution in [0.1, 0.15) is 47.6 Å². The molecule has 0 amide bonds. The van der Waals surface area contributed by atoms with E-state index in [1.165, 1.54) is 29.5 Å². The van der Waals surface area contributed by atoms with Gasteiger partial charge in [-0.3, -0.25) is 0 Å². The molecule has 1 saturated carbocycles. The van der Waals surface area contributed by atoms with E-state index in [2.05, 4.69) is 58.7 Å². The first-order chi connectivity index (χ1) is 15.7. The summed E-state index contributed by atoms with van der Waals surface area (Å²) in [6.07, 6.45) is 7.12. The Hall–Kier alpha value is -2.57. The van der Waals surface area contributed by atoms with E-state index < -0.39 is 11.0 Å². The van der Waals surface area contributed by atoms with Gasteiger partial charge in [0.15, 0.2) is 0 Å². The lowest BCUT2D eigenvalue weighted by Crippen LogP contribution is -2.31. The molecule has 1 atom stereocenters. The van der Waals surface area contributed by atoms with E-state index in [-0.39, 0.29) is 0 Å². The van der Waals surface area contributed by atoms with Gasteiger partial charge in [0.1, 0.15) is 5.75 Å². The van der Waals surface area contributed by atoms with Gasteiger partial charge in [0, 0.05) is 30.8 Å². The summed E-state index contributed by atoms with van der Waals surface area (Å²) in [7, 11) is -0.907. The Labute approximate surface area is 192 Å². The third kappa shape index (κ3) is 5.08. The average Bonchev–Trinajstić information content (AvgIpc) is 3.67. The zero-order valence-electron chi connectivity index (χ0n) is 18.5. The smallest absolute Gasteiger partial charge is 0.119 e. The molecule has 166 valence electrons. The Morgan fingerprint density at radius 2 is 1.88 bits per heavy atom. The minimum Gasteiger partial charge on any atom is -0.494 e. The minimum atomic E-state index is -0.907. The zero-order chi connectivity index (χ0) is 21.9. The van der Waals surface area contributed by atoms with Crippen LogP contribution >= 0.6 is 0 Å². The van der Waals surface area contributed by atoms with Crippen molar-refractivity contribution in [3.63, 3.8) is 0 Å². The Kier molecular flexibility index (Phi) is 6.32. The van der Waals surface area contributed by atoms with Crippen LogP contribution in [0, 0.1) is 0 Å². The highest BCUT2D eigenvalue weighted by atomic mass is 32.2. The summed E-state index contributed by atoms with van der Waals surface area (Å²) in [5.74, 6) is 1.57. The number of aromatic nitrogens is 2. The fourth-order valence-corrected chi connectivity index (χ4v) is 4.88. The SMILES string of the molecule is CS(=O)N1CCc2cc(OCCCc3ccc(-c4ccc(C5CC5)nn4)cc3)ccc2C1. The van der Waals surface area contributed by atoms with E-state index in [1.54, 1.807) is 6.26 Å². The summed E-state index contributed by atoms with van der Waals surface area (Å²) >= 11 is 0. The van der Waals surface area contributed by atoms with Gasteiger partial charge in [0.25, 0.3) is 0 Å². The predicted octanol–water partition coefficient (Wildman–Crippen LogP) is 4.68. The second-order valence-electron chi connectivity index (χ2n) is 8.73. The molecule has 1 fully saturated rings. The number of hydrogen-bond acceptors (Lipinski definition) is 4. The molecule has 2 aromatic carbocycles. The molecular weight excluding hydrogens is 418 g/mol. The lowest BCUT2D eigenvalue weighted by molar-refractivity contribution is 0.310. The highest BCUT2D eigenvalue weighted by Gasteiger charge is 2.25. The quantitative estimate of drug-likeness (QED) is 0.470. The molecule has 5 rings (SSSR count). The Bertz CT molecular complexity index is 1100. The molecule has 0 bridgehead atoms. The third-order valence-corrected chi connectivity index (χ3v) is 7.37. The molecule has 1 aliphatic heterocycles. The fourth-order valence-electron chi connectivity index (χ4n) is 4.21. The van der Waals surface area contributed by atoms with Crippen molar-refractivity contribution in [1.82, 2.24) is 14.5 Å². The number of aryl methyl sites for hydroxylation is 1. The van der Waals surface area contributed by atoms with E-state index in [0.29, 0.717) is 12.5 Å². The summed E-state index contributed by atoms with van der Waals surface area (Å²) in [6.45, 7) is 2.29. The maximum absolute atomic E-state index is 11.7. The van der Waals surface area contributed by atoms with E-state index in [4.69, 9.17) is 4.74 Å². The van der Waals surface area contributed by atoms with Gasteiger partial charge in [-0.1, -0.05) is 30.3 Å². The van der Waals surface area contributed by atoms with Crippen molar-refractivity contribution in [2.45, 2.75) is 44.6 Å². The number of ether oxygens (including phenoxy) is 1. The van der Waals surface area contributed by atoms with Gasteiger partial charge in [-0.15, -0.1) is 0 Å². The number of hydrogen-bond donors (Lipinski definition) is 0. The van der Waals surface area contributed by atoms with Crippen LogP contribution in [0.15, 0.2) is 54.6 Å². The Morgan fingerprint density at radius 1 is 1.03 bits per heavy atom. The highest BCUT2D eigenvalue weighted by molar-refractivity contribution is 7.81. The van der Waals surface area contributed by atoms with Gasteiger partial charge in [-0.25, -0.2) is 8.51 Å². The van der Waals surface area contributed by atoms with Gasteiger partial charge in [-0.2, -0.15) is 10.2 Å². The van der Waals surface area contributed by atoms with Gasteiger partial charge >= 0.3 is 0 Å². The second-order valence-corrected chi connectivity index (χ2v) is 10.1. The molecule has 0 saturated heterocycles. The molecule has 0 spiro atoms. The zero-order valence-corrected chi connectivity index (χ0v) is 19.3. The largest absolute Gasteiger partial charge is 0.494 e. The summed E-state index contributed by atoms with van der Waals surface area (Å²) in [5, 5.41) is 8.79. The first-order valence-electron chi connectivity index (χ1n) is 11.4. The fraction of sp³-hybridized carbons (Fsp3) is 0.385. The highest BCUT2D eigenvalue weighted by Crippen LogP contribution is 2.38. The van der Waals surface area contributed by atoms with E-state index >= 15 is 0 Å². The average molecular weight is 448 g/mol. The number of nitrogens with zero attached hydrogens (tertiary/aromatic N) is 3. The standard InChI is InChI=1S/C26H29N3O2S/c1-32(30)29-15-14-22-17-24(11-10-23(22)18-29)31-16-2-3-19-4-6-20(7-5-19)25-12-13-26(28-27-25)21-8-9-21/h4-7,10-13,17,21H,2-3,8-9,14-16,18H2,1H3. The number of benzene rings is 2. The van der Waals surface area contributed by atoms with Crippen LogP contribution in [0.5, 0.6) is 5.75 Å². The lowest BCUT2D eigenvalue weighted by Gasteiger charge is -2.26. The van der Waals surface area contributed by atoms with Crippen LogP contribution in [0.25, 0.3) is 11.3 Å². The molecule has 0 radical (unpaired) electrons. The van der Waals surface area contributed by atoms with Crippen molar-refractivity contribution in [2.75, 3.05) is 19.4 Å². The monoisotopic (exact) mass is 447 g/mol. The second kappa shape index (κ2) is 9.51. The summed E-state index contributed by atoms with van der Waals surface area (Å²) in [4.78, 5) is 0. The number of rotatable bonds is 8. The Morgan fingerprint density at radius 3 is 2.59 bits per heavy atom. The summed E-state index contributed by atoms with van der Waals surface area (Å²) in [6, 6.07) is 19.1. The molecule has 2 aliphatic rings. The minimum absolute atomic E-state index is 0.640. The lowest BCUT2D eigenvalue weighted by atomic mass is 10.0. The van der Waals surface area contributed by atoms with E-state index in [9.17, 15) is 4.21 Å². The van der Waals surface area contributed by atoms with Crippen molar-refractivity contribution in [3.8, 4) is 17.0 Å². The maximum atomic E-state index is 11.7. The van der Waals surface area contributed by atoms with Crippen LogP contribution in [-0.2, 0) is 30.4 Å². The summed E-state index contributed by atoms with van der Waals surface area (Å²) < 4.78 is 19.7. The van der Waals surface area contributed by atoms with Crippen LogP contribution in [-0.4, -0.2) is 38.1 Å². The molecule has 1 unspecified atom stereocenters. The number of fused-ring (bicyclic) bond motifs is 1. The maximum Gasteiger partial charge on any atom is 0.119 e. The van der Waals surface area contributed by atoms with Gasteiger partial charge in [0.2, 0.25) is 0 Å². The Balaban J connectivity index is 1.10. The third-order valence-electron chi connectivity index (χ3n) is 6.33. The first kappa shape index (κ1) is 21.3. The van der Waals surface area contributed by atoms with E-state index in [0.717, 1.165) is 55.1 Å². The van der Waals surface area contributed by atoms with Crippen molar-refractivity contribution in [2.24, 2.45) is 0 Å². The first-order valence-corrected chi connectivity index (χ1v) is 12.9. The molecule has 1 aliphatic carbocycles. The predicted molar refractivity (Wildman–Crippen MR) is 128 cm³/mol. The van der Waals surface area contributed by atoms with Crippen molar-refractivity contribution in [1.29, 1.82) is 0 Å². The summed E-state index contributed by atoms with van der Waals surface area (Å²) in [5.41, 5.74) is 7.05. The molecule has 32 heavy (non-hydrogen) atoms. The molecule has 0 N–H and O–H groups in total.